The molecule has 2 aromatic carbocycles. The van der Waals surface area contributed by atoms with Crippen molar-refractivity contribution < 1.29 is 29.0 Å². The number of benzene rings is 2. The van der Waals surface area contributed by atoms with Crippen LogP contribution >= 0.6 is 0 Å². The van der Waals surface area contributed by atoms with Gasteiger partial charge in [-0.2, -0.15) is 10.4 Å². The highest BCUT2D eigenvalue weighted by atomic mass is 16.5. The Balaban J connectivity index is 1.74. The summed E-state index contributed by atoms with van der Waals surface area (Å²) in [4.78, 5) is 49.4. The first-order chi connectivity index (χ1) is 18.2. The fourth-order valence-electron chi connectivity index (χ4n) is 3.90. The summed E-state index contributed by atoms with van der Waals surface area (Å²) in [5, 5.41) is 33.5. The molecule has 0 spiro atoms. The van der Waals surface area contributed by atoms with E-state index >= 15 is 0 Å². The van der Waals surface area contributed by atoms with Crippen LogP contribution in [0.15, 0.2) is 42.5 Å². The van der Waals surface area contributed by atoms with Gasteiger partial charge in [0.25, 0.3) is 0 Å². The highest BCUT2D eigenvalue weighted by Crippen LogP contribution is 2.22. The van der Waals surface area contributed by atoms with Crippen LogP contribution < -0.4 is 21.7 Å². The van der Waals surface area contributed by atoms with Gasteiger partial charge >= 0.3 is 12.1 Å². The monoisotopic (exact) mass is 521 g/mol. The molecule has 0 aliphatic heterocycles. The number of fused-ring (bicyclic) bond motifs is 1. The van der Waals surface area contributed by atoms with E-state index in [0.29, 0.717) is 22.3 Å². The Morgan fingerprint density at radius 3 is 2.66 bits per heavy atom. The molecule has 3 aromatic rings. The molecule has 3 amide bonds. The molecule has 7 N–H and O–H groups in total. The smallest absolute Gasteiger partial charge is 0.407 e. The highest BCUT2D eigenvalue weighted by molar-refractivity contribution is 5.93. The van der Waals surface area contributed by atoms with E-state index in [4.69, 9.17) is 5.73 Å². The second-order valence-electron chi connectivity index (χ2n) is 8.53. The topological polar surface area (TPSA) is 212 Å². The zero-order chi connectivity index (χ0) is 27.7. The van der Waals surface area contributed by atoms with Gasteiger partial charge in [0.2, 0.25) is 11.8 Å². The van der Waals surface area contributed by atoms with E-state index in [-0.39, 0.29) is 19.4 Å². The minimum Gasteiger partial charge on any atom is -0.481 e. The Labute approximate surface area is 217 Å². The fraction of sp³-hybridized carbons (Fsp3) is 0.280. The molecule has 1 aromatic heterocycles. The Hall–Kier alpha value is -5.12. The van der Waals surface area contributed by atoms with Crippen LogP contribution in [0.2, 0.25) is 0 Å². The molecule has 1 atom stereocenters. The molecule has 0 saturated heterocycles. The molecule has 0 aliphatic carbocycles. The maximum atomic E-state index is 13.4. The van der Waals surface area contributed by atoms with Gasteiger partial charge in [-0.05, 0) is 41.8 Å². The average molecular weight is 522 g/mol. The number of nitrogens with one attached hydrogen (secondary N) is 4. The Kier molecular flexibility index (Phi) is 8.83. The molecule has 1 heterocycles. The van der Waals surface area contributed by atoms with E-state index in [1.807, 2.05) is 6.07 Å². The Morgan fingerprint density at radius 1 is 1.16 bits per heavy atom. The number of alkyl carbamates (subject to hydrolysis) is 1. The zero-order valence-corrected chi connectivity index (χ0v) is 20.5. The maximum absolute atomic E-state index is 13.4. The average Bonchev–Trinajstić information content (AvgIpc) is 3.28. The van der Waals surface area contributed by atoms with Crippen molar-refractivity contribution >= 4 is 40.6 Å². The lowest BCUT2D eigenvalue weighted by Gasteiger charge is -2.32. The molecule has 38 heavy (non-hydrogen) atoms. The molecule has 0 bridgehead atoms. The number of ether oxygens (including phenoxy) is 1. The van der Waals surface area contributed by atoms with Gasteiger partial charge in [-0.25, -0.2) is 4.79 Å². The lowest BCUT2D eigenvalue weighted by atomic mass is 9.84. The van der Waals surface area contributed by atoms with Crippen LogP contribution in [0.3, 0.4) is 0 Å². The Morgan fingerprint density at radius 2 is 1.95 bits per heavy atom. The van der Waals surface area contributed by atoms with Gasteiger partial charge in [-0.3, -0.25) is 19.5 Å². The molecule has 0 radical (unpaired) electrons. The van der Waals surface area contributed by atoms with E-state index in [0.717, 1.165) is 18.2 Å². The molecule has 3 rings (SSSR count). The van der Waals surface area contributed by atoms with E-state index in [1.165, 1.54) is 6.07 Å². The summed E-state index contributed by atoms with van der Waals surface area (Å²) >= 11 is 0. The molecule has 13 nitrogen and oxygen atoms in total. The molecular weight excluding hydrogens is 494 g/mol. The number of rotatable bonds is 11. The number of aromatic nitrogens is 2. The third-order valence-electron chi connectivity index (χ3n) is 5.84. The van der Waals surface area contributed by atoms with Crippen molar-refractivity contribution in [2.75, 3.05) is 19.4 Å². The van der Waals surface area contributed by atoms with Gasteiger partial charge in [0, 0.05) is 24.8 Å². The van der Waals surface area contributed by atoms with Crippen LogP contribution in [0.25, 0.3) is 10.9 Å². The summed E-state index contributed by atoms with van der Waals surface area (Å²) < 4.78 is 4.67. The van der Waals surface area contributed by atoms with Crippen molar-refractivity contribution in [3.05, 3.63) is 59.2 Å². The van der Waals surface area contributed by atoms with E-state index < -0.39 is 42.4 Å². The van der Waals surface area contributed by atoms with Crippen LogP contribution in [0.4, 0.5) is 10.6 Å². The number of aliphatic carboxylic acids is 1. The second-order valence-corrected chi connectivity index (χ2v) is 8.53. The number of nitriles is 1. The number of hydrogen-bond donors (Lipinski definition) is 6. The van der Waals surface area contributed by atoms with Crippen molar-refractivity contribution in [2.24, 2.45) is 0 Å². The number of nitrogens with zero attached hydrogens (tertiary/aromatic N) is 2. The normalized spacial score (nSPS) is 12.1. The number of nitrogen functional groups attached to an aromatic ring is 1. The fourth-order valence-corrected chi connectivity index (χ4v) is 3.90. The number of carbonyl (C=O) groups excluding carboxylic acids is 3. The quantitative estimate of drug-likeness (QED) is 0.212. The highest BCUT2D eigenvalue weighted by Gasteiger charge is 2.41. The number of amides is 3. The van der Waals surface area contributed by atoms with Crippen molar-refractivity contribution in [2.45, 2.75) is 31.3 Å². The summed E-state index contributed by atoms with van der Waals surface area (Å²) in [7, 11) is 1.10. The zero-order valence-electron chi connectivity index (χ0n) is 20.5. The van der Waals surface area contributed by atoms with Crippen LogP contribution in [-0.2, 0) is 32.1 Å². The first kappa shape index (κ1) is 27.5. The van der Waals surface area contributed by atoms with Gasteiger partial charge in [0.1, 0.15) is 5.54 Å². The first-order valence-electron chi connectivity index (χ1n) is 11.5. The van der Waals surface area contributed by atoms with Crippen molar-refractivity contribution in [1.82, 2.24) is 26.1 Å². The predicted molar refractivity (Wildman–Crippen MR) is 135 cm³/mol. The van der Waals surface area contributed by atoms with E-state index in [2.05, 4.69) is 30.9 Å². The minimum atomic E-state index is -1.77. The van der Waals surface area contributed by atoms with E-state index in [9.17, 15) is 29.5 Å². The number of carboxylic acids is 1. The number of anilines is 1. The summed E-state index contributed by atoms with van der Waals surface area (Å²) in [6.45, 7) is -0.286. The van der Waals surface area contributed by atoms with Gasteiger partial charge in [-0.15, -0.1) is 0 Å². The molecular formula is C25H27N7O6. The molecule has 0 fully saturated rings. The Bertz CT molecular complexity index is 1400. The summed E-state index contributed by atoms with van der Waals surface area (Å²) in [6, 6.07) is 13.7. The standard InChI is InChI=1S/C25H27N7O6/c1-38-24(37)30-25(8-7-21(34)35,11-15-3-2-4-16(9-15)12-26)23(36)29-14-20(33)28-13-17-5-6-19-18(10-17)22(27)32-31-19/h2-6,9-10H,7-8,11,13-14H2,1H3,(H,28,33)(H,29,36)(H,30,37)(H,34,35)(H3,27,31,32)/t25-/m1/s1. The van der Waals surface area contributed by atoms with Crippen LogP contribution in [0.5, 0.6) is 0 Å². The number of H-pyrrole nitrogens is 1. The van der Waals surface area contributed by atoms with Crippen molar-refractivity contribution in [1.29, 1.82) is 5.26 Å². The SMILES string of the molecule is COC(=O)N[C@](CCC(=O)O)(Cc1cccc(C#N)c1)C(=O)NCC(=O)NCc1ccc2[nH]nc(N)c2c1. The molecule has 0 saturated carbocycles. The lowest BCUT2D eigenvalue weighted by Crippen LogP contribution is -2.61. The molecule has 198 valence electrons. The van der Waals surface area contributed by atoms with E-state index in [1.54, 1.807) is 36.4 Å². The summed E-state index contributed by atoms with van der Waals surface area (Å²) in [5.74, 6) is -2.16. The third-order valence-corrected chi connectivity index (χ3v) is 5.84. The van der Waals surface area contributed by atoms with Crippen LogP contribution in [0, 0.1) is 11.3 Å². The number of hydrogen-bond acceptors (Lipinski definition) is 8. The number of carboxylic acid groups (broad SMARTS) is 1. The second kappa shape index (κ2) is 12.2. The number of methoxy groups -OCH3 is 1. The molecule has 0 unspecified atom stereocenters. The van der Waals surface area contributed by atoms with Gasteiger partial charge in [-0.1, -0.05) is 18.2 Å². The first-order valence-corrected chi connectivity index (χ1v) is 11.5. The minimum absolute atomic E-state index is 0.148. The number of nitrogens with two attached hydrogens (primary N) is 1. The number of aromatic amines is 1. The number of carbonyl (C=O) groups is 4. The van der Waals surface area contributed by atoms with Crippen molar-refractivity contribution in [3.8, 4) is 6.07 Å². The summed E-state index contributed by atoms with van der Waals surface area (Å²) in [5.41, 5.74) is 6.37. The van der Waals surface area contributed by atoms with Gasteiger partial charge in [0.15, 0.2) is 5.82 Å². The lowest BCUT2D eigenvalue weighted by molar-refractivity contribution is -0.138. The van der Waals surface area contributed by atoms with Crippen molar-refractivity contribution in [3.63, 3.8) is 0 Å². The van der Waals surface area contributed by atoms with Gasteiger partial charge < -0.3 is 31.5 Å². The maximum Gasteiger partial charge on any atom is 0.407 e. The van der Waals surface area contributed by atoms with Gasteiger partial charge in [0.05, 0.1) is 30.8 Å². The molecule has 0 aliphatic rings. The molecule has 13 heteroatoms. The predicted octanol–water partition coefficient (Wildman–Crippen LogP) is 0.951. The third kappa shape index (κ3) is 6.97. The largest absolute Gasteiger partial charge is 0.481 e. The van der Waals surface area contributed by atoms with Crippen LogP contribution in [-0.4, -0.2) is 58.4 Å². The van der Waals surface area contributed by atoms with Crippen LogP contribution in [0.1, 0.15) is 29.5 Å². The summed E-state index contributed by atoms with van der Waals surface area (Å²) in [6.07, 6.45) is -1.86.